The zero-order chi connectivity index (χ0) is 16.0. The summed E-state index contributed by atoms with van der Waals surface area (Å²) in [5, 5.41) is 11.7. The Bertz CT molecular complexity index is 508. The molecule has 0 bridgehead atoms. The number of anilines is 1. The summed E-state index contributed by atoms with van der Waals surface area (Å²) in [5.41, 5.74) is 6.43. The summed E-state index contributed by atoms with van der Waals surface area (Å²) in [6.45, 7) is 7.09. The smallest absolute Gasteiger partial charge is 0.171 e. The van der Waals surface area contributed by atoms with Crippen LogP contribution in [0.1, 0.15) is 45.6 Å². The van der Waals surface area contributed by atoms with Gasteiger partial charge in [0.2, 0.25) is 0 Å². The fraction of sp³-hybridized carbons (Fsp3) is 0.533. The number of benzene rings is 1. The summed E-state index contributed by atoms with van der Waals surface area (Å²) < 4.78 is 14.9. The molecule has 0 saturated heterocycles. The molecule has 0 aromatic heterocycles. The van der Waals surface area contributed by atoms with Crippen LogP contribution in [0.25, 0.3) is 0 Å². The summed E-state index contributed by atoms with van der Waals surface area (Å²) in [7, 11) is 0. The standard InChI is InChI=1S/C15H23BrFN3O/c1-4-6-9-20(10(3)5-2)12-8-7-11(15(18)19-21)13(16)14(12)17/h7-8,10,21H,4-6,9H2,1-3H3,(H2,18,19). The second-order valence-electron chi connectivity index (χ2n) is 5.05. The van der Waals surface area contributed by atoms with E-state index in [0.717, 1.165) is 25.8 Å². The minimum atomic E-state index is -0.379. The number of nitrogens with zero attached hydrogens (tertiary/aromatic N) is 2. The molecule has 118 valence electrons. The predicted molar refractivity (Wildman–Crippen MR) is 88.6 cm³/mol. The molecule has 0 aliphatic carbocycles. The molecule has 3 N–H and O–H groups in total. The van der Waals surface area contributed by atoms with Gasteiger partial charge in [0.05, 0.1) is 10.2 Å². The summed E-state index contributed by atoms with van der Waals surface area (Å²) in [6, 6.07) is 3.60. The average molecular weight is 360 g/mol. The average Bonchev–Trinajstić information content (AvgIpc) is 2.50. The molecule has 1 aromatic rings. The molecule has 0 spiro atoms. The Labute approximate surface area is 133 Å². The van der Waals surface area contributed by atoms with Crippen LogP contribution in [0.2, 0.25) is 0 Å². The molecule has 0 heterocycles. The van der Waals surface area contributed by atoms with E-state index < -0.39 is 0 Å². The molecule has 6 heteroatoms. The zero-order valence-corrected chi connectivity index (χ0v) is 14.3. The summed E-state index contributed by atoms with van der Waals surface area (Å²) in [6.07, 6.45) is 2.99. The van der Waals surface area contributed by atoms with Crippen LogP contribution in [0.3, 0.4) is 0 Å². The molecule has 0 aliphatic rings. The van der Waals surface area contributed by atoms with Crippen LogP contribution >= 0.6 is 15.9 Å². The SMILES string of the molecule is CCCCN(c1ccc(/C(N)=N/O)c(Br)c1F)C(C)CC. The molecule has 21 heavy (non-hydrogen) atoms. The highest BCUT2D eigenvalue weighted by Gasteiger charge is 2.20. The Morgan fingerprint density at radius 1 is 1.48 bits per heavy atom. The van der Waals surface area contributed by atoms with Crippen molar-refractivity contribution in [3.05, 3.63) is 28.0 Å². The summed E-state index contributed by atoms with van der Waals surface area (Å²) in [5.74, 6) is -0.494. The number of amidine groups is 1. The Kier molecular flexibility index (Phi) is 6.95. The largest absolute Gasteiger partial charge is 0.409 e. The van der Waals surface area contributed by atoms with Gasteiger partial charge in [-0.15, -0.1) is 0 Å². The molecule has 0 radical (unpaired) electrons. The van der Waals surface area contributed by atoms with Gasteiger partial charge < -0.3 is 15.8 Å². The van der Waals surface area contributed by atoms with Crippen molar-refractivity contribution in [2.75, 3.05) is 11.4 Å². The van der Waals surface area contributed by atoms with Crippen molar-refractivity contribution in [2.24, 2.45) is 10.9 Å². The van der Waals surface area contributed by atoms with Crippen molar-refractivity contribution in [3.8, 4) is 0 Å². The molecule has 0 aliphatic heterocycles. The Morgan fingerprint density at radius 3 is 2.67 bits per heavy atom. The molecule has 1 rings (SSSR count). The van der Waals surface area contributed by atoms with Gasteiger partial charge in [-0.3, -0.25) is 0 Å². The van der Waals surface area contributed by atoms with Gasteiger partial charge in [-0.2, -0.15) is 0 Å². The zero-order valence-electron chi connectivity index (χ0n) is 12.7. The first-order valence-electron chi connectivity index (χ1n) is 7.20. The maximum atomic E-state index is 14.7. The van der Waals surface area contributed by atoms with Crippen molar-refractivity contribution in [3.63, 3.8) is 0 Å². The Hall–Kier alpha value is -1.30. The second kappa shape index (κ2) is 8.22. The maximum Gasteiger partial charge on any atom is 0.171 e. The van der Waals surface area contributed by atoms with Gasteiger partial charge in [-0.05, 0) is 47.8 Å². The van der Waals surface area contributed by atoms with E-state index >= 15 is 0 Å². The molecule has 0 fully saturated rings. The first-order chi connectivity index (χ1) is 9.97. The number of oxime groups is 1. The lowest BCUT2D eigenvalue weighted by Gasteiger charge is -2.31. The second-order valence-corrected chi connectivity index (χ2v) is 5.84. The van der Waals surface area contributed by atoms with Gasteiger partial charge in [0.1, 0.15) is 0 Å². The highest BCUT2D eigenvalue weighted by Crippen LogP contribution is 2.31. The van der Waals surface area contributed by atoms with E-state index in [9.17, 15) is 4.39 Å². The third kappa shape index (κ3) is 4.09. The van der Waals surface area contributed by atoms with E-state index in [-0.39, 0.29) is 22.2 Å². The van der Waals surface area contributed by atoms with E-state index in [4.69, 9.17) is 10.9 Å². The number of halogens is 2. The minimum absolute atomic E-state index is 0.115. The van der Waals surface area contributed by atoms with Crippen LogP contribution in [0.15, 0.2) is 21.8 Å². The molecule has 0 amide bonds. The van der Waals surface area contributed by atoms with Gasteiger partial charge in [0.25, 0.3) is 0 Å². The summed E-state index contributed by atoms with van der Waals surface area (Å²) >= 11 is 3.21. The highest BCUT2D eigenvalue weighted by atomic mass is 79.9. The third-order valence-corrected chi connectivity index (χ3v) is 4.41. The number of hydrogen-bond donors (Lipinski definition) is 2. The van der Waals surface area contributed by atoms with Crippen LogP contribution in [-0.4, -0.2) is 23.6 Å². The van der Waals surface area contributed by atoms with Crippen molar-refractivity contribution in [1.29, 1.82) is 0 Å². The van der Waals surface area contributed by atoms with Gasteiger partial charge in [0, 0.05) is 18.2 Å². The minimum Gasteiger partial charge on any atom is -0.409 e. The molecular formula is C15H23BrFN3O. The van der Waals surface area contributed by atoms with Gasteiger partial charge >= 0.3 is 0 Å². The van der Waals surface area contributed by atoms with Crippen LogP contribution < -0.4 is 10.6 Å². The van der Waals surface area contributed by atoms with Gasteiger partial charge in [0.15, 0.2) is 11.7 Å². The Morgan fingerprint density at radius 2 is 2.14 bits per heavy atom. The van der Waals surface area contributed by atoms with Crippen molar-refractivity contribution in [2.45, 2.75) is 46.1 Å². The lowest BCUT2D eigenvalue weighted by Crippen LogP contribution is -2.34. The van der Waals surface area contributed by atoms with Gasteiger partial charge in [-0.1, -0.05) is 25.4 Å². The molecular weight excluding hydrogens is 337 g/mol. The first-order valence-corrected chi connectivity index (χ1v) is 7.99. The first kappa shape index (κ1) is 17.8. The van der Waals surface area contributed by atoms with Crippen molar-refractivity contribution >= 4 is 27.5 Å². The lowest BCUT2D eigenvalue weighted by molar-refractivity contribution is 0.318. The maximum absolute atomic E-state index is 14.7. The predicted octanol–water partition coefficient (Wildman–Crippen LogP) is 4.09. The van der Waals surface area contributed by atoms with Crippen LogP contribution in [0.5, 0.6) is 0 Å². The normalized spacial score (nSPS) is 13.3. The van der Waals surface area contributed by atoms with Gasteiger partial charge in [-0.25, -0.2) is 4.39 Å². The van der Waals surface area contributed by atoms with Crippen LogP contribution in [-0.2, 0) is 0 Å². The topological polar surface area (TPSA) is 61.8 Å². The van der Waals surface area contributed by atoms with E-state index in [1.807, 2.05) is 0 Å². The van der Waals surface area contributed by atoms with Crippen LogP contribution in [0.4, 0.5) is 10.1 Å². The van der Waals surface area contributed by atoms with E-state index in [1.165, 1.54) is 0 Å². The van der Waals surface area contributed by atoms with Crippen molar-refractivity contribution < 1.29 is 9.60 Å². The van der Waals surface area contributed by atoms with E-state index in [0.29, 0.717) is 11.3 Å². The number of nitrogens with two attached hydrogens (primary N) is 1. The van der Waals surface area contributed by atoms with E-state index in [1.54, 1.807) is 12.1 Å². The molecule has 0 saturated carbocycles. The Balaban J connectivity index is 3.24. The molecule has 1 aromatic carbocycles. The van der Waals surface area contributed by atoms with Crippen molar-refractivity contribution in [1.82, 2.24) is 0 Å². The number of rotatable bonds is 7. The van der Waals surface area contributed by atoms with Crippen LogP contribution in [0, 0.1) is 5.82 Å². The number of unbranched alkanes of at least 4 members (excludes halogenated alkanes) is 1. The fourth-order valence-electron chi connectivity index (χ4n) is 2.14. The lowest BCUT2D eigenvalue weighted by atomic mass is 10.1. The fourth-order valence-corrected chi connectivity index (χ4v) is 2.68. The summed E-state index contributed by atoms with van der Waals surface area (Å²) in [4.78, 5) is 2.07. The molecule has 1 unspecified atom stereocenters. The highest BCUT2D eigenvalue weighted by molar-refractivity contribution is 9.10. The molecule has 4 nitrogen and oxygen atoms in total. The number of hydrogen-bond acceptors (Lipinski definition) is 3. The quantitative estimate of drug-likeness (QED) is 0.333. The molecule has 1 atom stereocenters. The van der Waals surface area contributed by atoms with E-state index in [2.05, 4.69) is 46.8 Å². The third-order valence-electron chi connectivity index (χ3n) is 3.63. The monoisotopic (exact) mass is 359 g/mol.